The molecule has 0 unspecified atom stereocenters. The summed E-state index contributed by atoms with van der Waals surface area (Å²) in [5.41, 5.74) is 0.368. The van der Waals surface area contributed by atoms with Gasteiger partial charge in [0.25, 0.3) is 5.91 Å². The average molecular weight is 254 g/mol. The molecule has 0 radical (unpaired) electrons. The first-order valence-electron chi connectivity index (χ1n) is 4.78. The minimum atomic E-state index is -0.663. The third-order valence-electron chi connectivity index (χ3n) is 2.00. The lowest BCUT2D eigenvalue weighted by Crippen LogP contribution is -2.22. The molecule has 3 nitrogen and oxygen atoms in total. The monoisotopic (exact) mass is 254 g/mol. The normalized spacial score (nSPS) is 10.2. The summed E-state index contributed by atoms with van der Waals surface area (Å²) in [7, 11) is 0. The number of nitrogens with one attached hydrogen (secondary N) is 1. The number of amides is 1. The van der Waals surface area contributed by atoms with Crippen molar-refractivity contribution >= 4 is 17.2 Å². The van der Waals surface area contributed by atoms with Gasteiger partial charge in [-0.3, -0.25) is 4.79 Å². The maximum absolute atomic E-state index is 12.9. The number of carbonyl (C=O) groups excluding carboxylic acids is 1. The van der Waals surface area contributed by atoms with Gasteiger partial charge in [-0.2, -0.15) is 0 Å². The first-order valence-corrected chi connectivity index (χ1v) is 5.66. The minimum Gasteiger partial charge on any atom is -0.346 e. The van der Waals surface area contributed by atoms with Crippen molar-refractivity contribution in [1.82, 2.24) is 10.3 Å². The van der Waals surface area contributed by atoms with Crippen LogP contribution in [-0.2, 0) is 6.54 Å². The fourth-order valence-electron chi connectivity index (χ4n) is 1.31. The number of rotatable bonds is 3. The molecule has 0 aliphatic carbocycles. The molecule has 0 spiro atoms. The van der Waals surface area contributed by atoms with Crippen LogP contribution >= 0.6 is 11.3 Å². The number of aromatic nitrogens is 1. The Morgan fingerprint density at radius 1 is 1.29 bits per heavy atom. The van der Waals surface area contributed by atoms with E-state index in [1.165, 1.54) is 29.7 Å². The van der Waals surface area contributed by atoms with Crippen molar-refractivity contribution in [3.63, 3.8) is 0 Å². The third kappa shape index (κ3) is 3.07. The van der Waals surface area contributed by atoms with Crippen LogP contribution in [0.2, 0.25) is 0 Å². The summed E-state index contributed by atoms with van der Waals surface area (Å²) in [4.78, 5) is 15.3. The van der Waals surface area contributed by atoms with Crippen LogP contribution in [-0.4, -0.2) is 10.9 Å². The second-order valence-corrected chi connectivity index (χ2v) is 4.19. The molecule has 0 saturated heterocycles. The van der Waals surface area contributed by atoms with Crippen molar-refractivity contribution in [2.24, 2.45) is 0 Å². The molecule has 17 heavy (non-hydrogen) atoms. The third-order valence-corrected chi connectivity index (χ3v) is 2.77. The highest BCUT2D eigenvalue weighted by molar-refractivity contribution is 7.11. The highest BCUT2D eigenvalue weighted by atomic mass is 32.1. The summed E-state index contributed by atoms with van der Waals surface area (Å²) < 4.78 is 25.7. The Morgan fingerprint density at radius 3 is 2.59 bits per heavy atom. The molecule has 0 atom stereocenters. The molecule has 0 saturated carbocycles. The summed E-state index contributed by atoms with van der Waals surface area (Å²) in [6.07, 6.45) is 1.52. The van der Waals surface area contributed by atoms with Crippen LogP contribution in [0.3, 0.4) is 0 Å². The summed E-state index contributed by atoms with van der Waals surface area (Å²) in [5, 5.41) is 4.53. The van der Waals surface area contributed by atoms with Crippen molar-refractivity contribution in [3.05, 3.63) is 52.0 Å². The fourth-order valence-corrected chi connectivity index (χ4v) is 1.86. The van der Waals surface area contributed by atoms with E-state index in [4.69, 9.17) is 0 Å². The second kappa shape index (κ2) is 5.01. The SMILES string of the molecule is O=C(NCc1cc(F)cc(F)c1)c1nccs1. The van der Waals surface area contributed by atoms with Gasteiger partial charge in [-0.15, -0.1) is 11.3 Å². The minimum absolute atomic E-state index is 0.0626. The first kappa shape index (κ1) is 11.7. The van der Waals surface area contributed by atoms with Crippen LogP contribution in [0, 0.1) is 11.6 Å². The van der Waals surface area contributed by atoms with Crippen molar-refractivity contribution in [2.45, 2.75) is 6.54 Å². The average Bonchev–Trinajstić information content (AvgIpc) is 2.78. The molecule has 0 aliphatic heterocycles. The maximum Gasteiger partial charge on any atom is 0.280 e. The van der Waals surface area contributed by atoms with Gasteiger partial charge in [0.1, 0.15) is 11.6 Å². The molecule has 1 N–H and O–H groups in total. The Balaban J connectivity index is 2.00. The van der Waals surface area contributed by atoms with Crippen LogP contribution in [0.15, 0.2) is 29.8 Å². The number of benzene rings is 1. The van der Waals surface area contributed by atoms with E-state index in [2.05, 4.69) is 10.3 Å². The van der Waals surface area contributed by atoms with Gasteiger partial charge in [0, 0.05) is 24.2 Å². The number of nitrogens with zero attached hydrogens (tertiary/aromatic N) is 1. The lowest BCUT2D eigenvalue weighted by molar-refractivity contribution is 0.0950. The Hall–Kier alpha value is -1.82. The Kier molecular flexibility index (Phi) is 3.43. The Labute approximate surface area is 100 Å². The van der Waals surface area contributed by atoms with Gasteiger partial charge in [-0.1, -0.05) is 0 Å². The van der Waals surface area contributed by atoms with Crippen molar-refractivity contribution in [2.75, 3.05) is 0 Å². The molecule has 1 heterocycles. The lowest BCUT2D eigenvalue weighted by Gasteiger charge is -2.03. The molecule has 1 aromatic heterocycles. The molecule has 0 fully saturated rings. The second-order valence-electron chi connectivity index (χ2n) is 3.30. The highest BCUT2D eigenvalue weighted by Gasteiger charge is 2.08. The van der Waals surface area contributed by atoms with Crippen molar-refractivity contribution in [3.8, 4) is 0 Å². The number of halogens is 2. The topological polar surface area (TPSA) is 42.0 Å². The highest BCUT2D eigenvalue weighted by Crippen LogP contribution is 2.08. The molecule has 6 heteroatoms. The van der Waals surface area contributed by atoms with Gasteiger partial charge in [0.05, 0.1) is 0 Å². The van der Waals surface area contributed by atoms with Crippen LogP contribution in [0.5, 0.6) is 0 Å². The van der Waals surface area contributed by atoms with E-state index in [1.807, 2.05) is 0 Å². The molecule has 2 rings (SSSR count). The molecular weight excluding hydrogens is 246 g/mol. The number of hydrogen-bond acceptors (Lipinski definition) is 3. The van der Waals surface area contributed by atoms with Crippen LogP contribution in [0.1, 0.15) is 15.4 Å². The Morgan fingerprint density at radius 2 is 2.00 bits per heavy atom. The first-order chi connectivity index (χ1) is 8.15. The van der Waals surface area contributed by atoms with E-state index in [-0.39, 0.29) is 12.5 Å². The smallest absolute Gasteiger partial charge is 0.280 e. The van der Waals surface area contributed by atoms with E-state index in [0.717, 1.165) is 6.07 Å². The zero-order valence-corrected chi connectivity index (χ0v) is 9.43. The standard InChI is InChI=1S/C11H8F2N2OS/c12-8-3-7(4-9(13)5-8)6-15-10(16)11-14-1-2-17-11/h1-5H,6H2,(H,15,16). The summed E-state index contributed by atoms with van der Waals surface area (Å²) in [6, 6.07) is 3.13. The molecular formula is C11H8F2N2OS. The van der Waals surface area contributed by atoms with Gasteiger partial charge in [-0.05, 0) is 17.7 Å². The lowest BCUT2D eigenvalue weighted by atomic mass is 10.2. The quantitative estimate of drug-likeness (QED) is 0.913. The van der Waals surface area contributed by atoms with E-state index in [9.17, 15) is 13.6 Å². The van der Waals surface area contributed by atoms with E-state index in [1.54, 1.807) is 5.38 Å². The predicted octanol–water partition coefficient (Wildman–Crippen LogP) is 2.35. The van der Waals surface area contributed by atoms with E-state index < -0.39 is 11.6 Å². The molecule has 1 amide bonds. The predicted molar refractivity (Wildman–Crippen MR) is 59.6 cm³/mol. The molecule has 0 bridgehead atoms. The number of hydrogen-bond donors (Lipinski definition) is 1. The van der Waals surface area contributed by atoms with Crippen molar-refractivity contribution < 1.29 is 13.6 Å². The van der Waals surface area contributed by atoms with Crippen LogP contribution in [0.25, 0.3) is 0 Å². The van der Waals surface area contributed by atoms with E-state index >= 15 is 0 Å². The molecule has 0 aliphatic rings. The fraction of sp³-hybridized carbons (Fsp3) is 0.0909. The summed E-state index contributed by atoms with van der Waals surface area (Å²) >= 11 is 1.20. The molecule has 88 valence electrons. The van der Waals surface area contributed by atoms with Gasteiger partial charge in [0.2, 0.25) is 0 Å². The molecule has 2 aromatic rings. The van der Waals surface area contributed by atoms with Gasteiger partial charge < -0.3 is 5.32 Å². The van der Waals surface area contributed by atoms with Crippen LogP contribution in [0.4, 0.5) is 8.78 Å². The zero-order valence-electron chi connectivity index (χ0n) is 8.61. The van der Waals surface area contributed by atoms with Gasteiger partial charge in [-0.25, -0.2) is 13.8 Å². The molecule has 1 aromatic carbocycles. The van der Waals surface area contributed by atoms with Gasteiger partial charge in [0.15, 0.2) is 5.01 Å². The van der Waals surface area contributed by atoms with Gasteiger partial charge >= 0.3 is 0 Å². The summed E-state index contributed by atoms with van der Waals surface area (Å²) in [5.74, 6) is -1.68. The van der Waals surface area contributed by atoms with E-state index in [0.29, 0.717) is 10.6 Å². The summed E-state index contributed by atoms with van der Waals surface area (Å²) in [6.45, 7) is 0.0626. The Bertz CT molecular complexity index is 508. The maximum atomic E-state index is 12.9. The number of carbonyl (C=O) groups is 1. The number of thiazole rings is 1. The van der Waals surface area contributed by atoms with Crippen LogP contribution < -0.4 is 5.32 Å². The largest absolute Gasteiger partial charge is 0.346 e. The zero-order chi connectivity index (χ0) is 12.3. The van der Waals surface area contributed by atoms with Crippen molar-refractivity contribution in [1.29, 1.82) is 0 Å².